The second kappa shape index (κ2) is 7.02. The zero-order chi connectivity index (χ0) is 17.0. The minimum absolute atomic E-state index is 0.165. The van der Waals surface area contributed by atoms with Gasteiger partial charge in [0.2, 0.25) is 0 Å². The van der Waals surface area contributed by atoms with Gasteiger partial charge >= 0.3 is 0 Å². The van der Waals surface area contributed by atoms with Crippen molar-refractivity contribution in [2.45, 2.75) is 11.8 Å². The van der Waals surface area contributed by atoms with Gasteiger partial charge in [-0.05, 0) is 49.4 Å². The van der Waals surface area contributed by atoms with Crippen LogP contribution in [0.15, 0.2) is 47.4 Å². The number of rotatable bonds is 5. The van der Waals surface area contributed by atoms with Gasteiger partial charge in [-0.3, -0.25) is 4.79 Å². The third kappa shape index (κ3) is 4.46. The zero-order valence-electron chi connectivity index (χ0n) is 12.7. The molecule has 2 aromatic carbocycles. The van der Waals surface area contributed by atoms with Crippen LogP contribution < -0.4 is 10.1 Å². The van der Waals surface area contributed by atoms with Crippen molar-refractivity contribution in [3.05, 3.63) is 53.1 Å². The minimum atomic E-state index is -3.28. The molecule has 0 unspecified atom stereocenters. The summed E-state index contributed by atoms with van der Waals surface area (Å²) in [5.74, 6) is 0.190. The Labute approximate surface area is 140 Å². The Bertz CT molecular complexity index is 816. The quantitative estimate of drug-likeness (QED) is 0.894. The van der Waals surface area contributed by atoms with E-state index in [9.17, 15) is 13.2 Å². The number of halogens is 1. The summed E-state index contributed by atoms with van der Waals surface area (Å²) in [6.07, 6.45) is 1.12. The molecule has 5 nitrogen and oxygen atoms in total. The van der Waals surface area contributed by atoms with Crippen molar-refractivity contribution >= 4 is 33.0 Å². The van der Waals surface area contributed by atoms with Crippen LogP contribution in [0.25, 0.3) is 0 Å². The summed E-state index contributed by atoms with van der Waals surface area (Å²) in [5.41, 5.74) is 0.873. The fourth-order valence-corrected chi connectivity index (χ4v) is 2.77. The van der Waals surface area contributed by atoms with Gasteiger partial charge in [0, 0.05) is 17.5 Å². The van der Waals surface area contributed by atoms with Crippen molar-refractivity contribution in [2.24, 2.45) is 0 Å². The van der Waals surface area contributed by atoms with E-state index in [-0.39, 0.29) is 10.8 Å². The summed E-state index contributed by atoms with van der Waals surface area (Å²) in [7, 11) is -3.28. The van der Waals surface area contributed by atoms with E-state index in [1.165, 1.54) is 24.3 Å². The molecule has 0 aliphatic rings. The first-order valence-corrected chi connectivity index (χ1v) is 9.12. The highest BCUT2D eigenvalue weighted by molar-refractivity contribution is 7.90. The molecular formula is C16H16ClNO4S. The molecule has 1 N–H and O–H groups in total. The molecule has 23 heavy (non-hydrogen) atoms. The Morgan fingerprint density at radius 2 is 1.83 bits per heavy atom. The van der Waals surface area contributed by atoms with Gasteiger partial charge in [0.15, 0.2) is 9.84 Å². The van der Waals surface area contributed by atoms with Crippen LogP contribution in [-0.2, 0) is 9.84 Å². The van der Waals surface area contributed by atoms with E-state index in [1.54, 1.807) is 18.2 Å². The summed E-state index contributed by atoms with van der Waals surface area (Å²) in [6.45, 7) is 2.35. The van der Waals surface area contributed by atoms with Gasteiger partial charge in [-0.15, -0.1) is 0 Å². The monoisotopic (exact) mass is 353 g/mol. The van der Waals surface area contributed by atoms with Crippen LogP contribution in [-0.4, -0.2) is 27.2 Å². The Morgan fingerprint density at radius 3 is 2.35 bits per heavy atom. The molecule has 1 amide bonds. The second-order valence-corrected chi connectivity index (χ2v) is 7.25. The van der Waals surface area contributed by atoms with E-state index in [0.717, 1.165) is 6.26 Å². The van der Waals surface area contributed by atoms with Gasteiger partial charge in [0.25, 0.3) is 5.91 Å². The predicted octanol–water partition coefficient (Wildman–Crippen LogP) is 3.39. The third-order valence-electron chi connectivity index (χ3n) is 3.03. The topological polar surface area (TPSA) is 72.5 Å². The summed E-state index contributed by atoms with van der Waals surface area (Å²) < 4.78 is 28.1. The minimum Gasteiger partial charge on any atom is -0.492 e. The smallest absolute Gasteiger partial charge is 0.255 e. The van der Waals surface area contributed by atoms with Gasteiger partial charge in [0.05, 0.1) is 16.5 Å². The molecule has 0 fully saturated rings. The van der Waals surface area contributed by atoms with Gasteiger partial charge < -0.3 is 10.1 Å². The third-order valence-corrected chi connectivity index (χ3v) is 4.46. The molecule has 7 heteroatoms. The van der Waals surface area contributed by atoms with E-state index in [2.05, 4.69) is 5.32 Å². The van der Waals surface area contributed by atoms with Crippen molar-refractivity contribution in [1.82, 2.24) is 0 Å². The lowest BCUT2D eigenvalue weighted by atomic mass is 10.2. The highest BCUT2D eigenvalue weighted by Gasteiger charge is 2.11. The van der Waals surface area contributed by atoms with Crippen LogP contribution in [0.4, 0.5) is 5.69 Å². The maximum absolute atomic E-state index is 12.2. The molecule has 2 rings (SSSR count). The zero-order valence-corrected chi connectivity index (χ0v) is 14.2. The maximum Gasteiger partial charge on any atom is 0.255 e. The summed E-state index contributed by atoms with van der Waals surface area (Å²) in [4.78, 5) is 12.3. The van der Waals surface area contributed by atoms with Crippen molar-refractivity contribution < 1.29 is 17.9 Å². The molecule has 2 aromatic rings. The Morgan fingerprint density at radius 1 is 1.17 bits per heavy atom. The molecule has 0 aromatic heterocycles. The molecule has 0 spiro atoms. The molecule has 0 heterocycles. The summed E-state index contributed by atoms with van der Waals surface area (Å²) in [5, 5.41) is 3.10. The molecule has 0 radical (unpaired) electrons. The fraction of sp³-hybridized carbons (Fsp3) is 0.188. The molecule has 0 saturated heterocycles. The highest BCUT2D eigenvalue weighted by Crippen LogP contribution is 2.27. The summed E-state index contributed by atoms with van der Waals surface area (Å²) >= 11 is 6.07. The maximum atomic E-state index is 12.2. The molecular weight excluding hydrogens is 338 g/mol. The van der Waals surface area contributed by atoms with Gasteiger partial charge in [-0.2, -0.15) is 0 Å². The number of benzene rings is 2. The fourth-order valence-electron chi connectivity index (χ4n) is 1.91. The first-order valence-electron chi connectivity index (χ1n) is 6.85. The standard InChI is InChI=1S/C16H16ClNO4S/c1-3-22-15-9-6-12(10-14(15)17)18-16(19)11-4-7-13(8-5-11)23(2,20)21/h4-10H,3H2,1-2H3,(H,18,19). The van der Waals surface area contributed by atoms with Crippen LogP contribution in [0.1, 0.15) is 17.3 Å². The SMILES string of the molecule is CCOc1ccc(NC(=O)c2ccc(S(C)(=O)=O)cc2)cc1Cl. The van der Waals surface area contributed by atoms with Crippen molar-refractivity contribution in [2.75, 3.05) is 18.2 Å². The first kappa shape index (κ1) is 17.3. The number of carbonyl (C=O) groups is 1. The average Bonchev–Trinajstić information content (AvgIpc) is 2.49. The number of nitrogens with one attached hydrogen (secondary N) is 1. The molecule has 122 valence electrons. The molecule has 0 atom stereocenters. The number of ether oxygens (including phenoxy) is 1. The second-order valence-electron chi connectivity index (χ2n) is 4.83. The molecule has 0 saturated carbocycles. The molecule has 0 aliphatic carbocycles. The Hall–Kier alpha value is -2.05. The highest BCUT2D eigenvalue weighted by atomic mass is 35.5. The van der Waals surface area contributed by atoms with Crippen LogP contribution in [0, 0.1) is 0 Å². The van der Waals surface area contributed by atoms with E-state index in [0.29, 0.717) is 28.6 Å². The number of hydrogen-bond acceptors (Lipinski definition) is 4. The van der Waals surface area contributed by atoms with Crippen LogP contribution >= 0.6 is 11.6 Å². The normalized spacial score (nSPS) is 11.1. The molecule has 0 aliphatic heterocycles. The van der Waals surface area contributed by atoms with Gasteiger partial charge in [0.1, 0.15) is 5.75 Å². The van der Waals surface area contributed by atoms with Crippen molar-refractivity contribution in [3.63, 3.8) is 0 Å². The lowest BCUT2D eigenvalue weighted by Gasteiger charge is -2.09. The molecule has 0 bridgehead atoms. The van der Waals surface area contributed by atoms with Crippen molar-refractivity contribution in [3.8, 4) is 5.75 Å². The number of anilines is 1. The lowest BCUT2D eigenvalue weighted by molar-refractivity contribution is 0.102. The largest absolute Gasteiger partial charge is 0.492 e. The summed E-state index contributed by atoms with van der Waals surface area (Å²) in [6, 6.07) is 10.7. The Balaban J connectivity index is 2.14. The number of amides is 1. The van der Waals surface area contributed by atoms with Crippen molar-refractivity contribution in [1.29, 1.82) is 0 Å². The number of carbonyl (C=O) groups excluding carboxylic acids is 1. The Kier molecular flexibility index (Phi) is 5.28. The van der Waals surface area contributed by atoms with Crippen LogP contribution in [0.3, 0.4) is 0 Å². The van der Waals surface area contributed by atoms with Gasteiger partial charge in [-0.1, -0.05) is 11.6 Å². The van der Waals surface area contributed by atoms with Crippen LogP contribution in [0.2, 0.25) is 5.02 Å². The van der Waals surface area contributed by atoms with E-state index in [4.69, 9.17) is 16.3 Å². The average molecular weight is 354 g/mol. The lowest BCUT2D eigenvalue weighted by Crippen LogP contribution is -2.12. The number of hydrogen-bond donors (Lipinski definition) is 1. The van der Waals surface area contributed by atoms with Crippen LogP contribution in [0.5, 0.6) is 5.75 Å². The predicted molar refractivity (Wildman–Crippen MR) is 90.1 cm³/mol. The van der Waals surface area contributed by atoms with E-state index in [1.807, 2.05) is 6.92 Å². The van der Waals surface area contributed by atoms with E-state index < -0.39 is 9.84 Å². The number of sulfone groups is 1. The van der Waals surface area contributed by atoms with Gasteiger partial charge in [-0.25, -0.2) is 8.42 Å². The van der Waals surface area contributed by atoms with E-state index >= 15 is 0 Å². The first-order chi connectivity index (χ1) is 10.8.